The Hall–Kier alpha value is -1.35. The van der Waals surface area contributed by atoms with Gasteiger partial charge < -0.3 is 10.5 Å². The van der Waals surface area contributed by atoms with Gasteiger partial charge in [-0.3, -0.25) is 0 Å². The summed E-state index contributed by atoms with van der Waals surface area (Å²) in [5, 5.41) is 0. The van der Waals surface area contributed by atoms with E-state index in [2.05, 4.69) is 0 Å². The van der Waals surface area contributed by atoms with Gasteiger partial charge in [0, 0.05) is 6.04 Å². The minimum absolute atomic E-state index is 0.130. The molecule has 1 aromatic rings. The third-order valence-electron chi connectivity index (χ3n) is 3.14. The molecule has 0 bridgehead atoms. The van der Waals surface area contributed by atoms with Crippen molar-refractivity contribution < 1.29 is 9.53 Å². The zero-order valence-electron chi connectivity index (χ0n) is 9.04. The van der Waals surface area contributed by atoms with Crippen LogP contribution in [0.2, 0.25) is 0 Å². The minimum atomic E-state index is -0.268. The van der Waals surface area contributed by atoms with Gasteiger partial charge in [0.15, 0.2) is 0 Å². The van der Waals surface area contributed by atoms with Crippen molar-refractivity contribution in [3.05, 3.63) is 34.4 Å². The van der Waals surface area contributed by atoms with Crippen molar-refractivity contribution in [1.82, 2.24) is 0 Å². The van der Waals surface area contributed by atoms with Gasteiger partial charge >= 0.3 is 5.97 Å². The predicted octanol–water partition coefficient (Wildman–Crippen LogP) is 1.73. The van der Waals surface area contributed by atoms with Gasteiger partial charge in [0.05, 0.1) is 12.7 Å². The lowest BCUT2D eigenvalue weighted by atomic mass is 9.98. The lowest BCUT2D eigenvalue weighted by molar-refractivity contribution is 0.0600. The smallest absolute Gasteiger partial charge is 0.338 e. The van der Waals surface area contributed by atoms with Gasteiger partial charge in [0.25, 0.3) is 0 Å². The summed E-state index contributed by atoms with van der Waals surface area (Å²) in [4.78, 5) is 11.5. The highest BCUT2D eigenvalue weighted by atomic mass is 16.5. The summed E-state index contributed by atoms with van der Waals surface area (Å²) in [6, 6.07) is 3.89. The van der Waals surface area contributed by atoms with Gasteiger partial charge in [-0.2, -0.15) is 0 Å². The Morgan fingerprint density at radius 3 is 2.93 bits per heavy atom. The highest BCUT2D eigenvalue weighted by molar-refractivity contribution is 5.91. The van der Waals surface area contributed by atoms with Crippen LogP contribution in [0.15, 0.2) is 12.1 Å². The summed E-state index contributed by atoms with van der Waals surface area (Å²) in [5.41, 5.74) is 10.0. The van der Waals surface area contributed by atoms with Gasteiger partial charge in [-0.15, -0.1) is 0 Å². The maximum Gasteiger partial charge on any atom is 0.338 e. The molecule has 3 heteroatoms. The molecule has 0 fully saturated rings. The van der Waals surface area contributed by atoms with Crippen LogP contribution in [0.1, 0.15) is 39.5 Å². The number of carbonyl (C=O) groups excluding carboxylic acids is 1. The third kappa shape index (κ3) is 1.53. The Morgan fingerprint density at radius 2 is 2.27 bits per heavy atom. The van der Waals surface area contributed by atoms with Crippen molar-refractivity contribution in [2.45, 2.75) is 25.8 Å². The molecule has 0 aromatic heterocycles. The SMILES string of the molecule is COC(=O)c1ccc2c(c1C)CC[C@H]2N. The van der Waals surface area contributed by atoms with Crippen LogP contribution in [0.25, 0.3) is 0 Å². The highest BCUT2D eigenvalue weighted by Gasteiger charge is 2.23. The van der Waals surface area contributed by atoms with Crippen molar-refractivity contribution >= 4 is 5.97 Å². The first kappa shape index (κ1) is 10.2. The van der Waals surface area contributed by atoms with Gasteiger partial charge in [0.1, 0.15) is 0 Å². The summed E-state index contributed by atoms with van der Waals surface area (Å²) in [6.45, 7) is 1.96. The molecular formula is C12H15NO2. The van der Waals surface area contributed by atoms with Crippen molar-refractivity contribution in [3.63, 3.8) is 0 Å². The van der Waals surface area contributed by atoms with E-state index in [4.69, 9.17) is 10.5 Å². The summed E-state index contributed by atoms with van der Waals surface area (Å²) < 4.78 is 4.73. The first-order valence-corrected chi connectivity index (χ1v) is 5.11. The number of carbonyl (C=O) groups is 1. The fourth-order valence-corrected chi connectivity index (χ4v) is 2.24. The standard InChI is InChI=1S/C12H15NO2/c1-7-8-5-6-11(13)10(8)4-3-9(7)12(14)15-2/h3-4,11H,5-6,13H2,1-2H3/t11-/m1/s1. The molecule has 0 heterocycles. The second-order valence-electron chi connectivity index (χ2n) is 3.94. The first-order valence-electron chi connectivity index (χ1n) is 5.11. The maximum atomic E-state index is 11.5. The molecule has 1 aliphatic rings. The molecule has 15 heavy (non-hydrogen) atoms. The molecular weight excluding hydrogens is 190 g/mol. The number of nitrogens with two attached hydrogens (primary N) is 1. The Morgan fingerprint density at radius 1 is 1.53 bits per heavy atom. The molecule has 0 spiro atoms. The molecule has 80 valence electrons. The Balaban J connectivity index is 2.51. The van der Waals surface area contributed by atoms with Crippen LogP contribution < -0.4 is 5.73 Å². The maximum absolute atomic E-state index is 11.5. The predicted molar refractivity (Wildman–Crippen MR) is 57.8 cm³/mol. The Kier molecular flexibility index (Phi) is 2.49. The molecule has 1 aliphatic carbocycles. The van der Waals surface area contributed by atoms with Crippen molar-refractivity contribution in [2.24, 2.45) is 5.73 Å². The average molecular weight is 205 g/mol. The van der Waals surface area contributed by atoms with Crippen molar-refractivity contribution in [3.8, 4) is 0 Å². The van der Waals surface area contributed by atoms with E-state index in [0.717, 1.165) is 18.4 Å². The molecule has 0 radical (unpaired) electrons. The Labute approximate surface area is 89.2 Å². The van der Waals surface area contributed by atoms with Crippen molar-refractivity contribution in [2.75, 3.05) is 7.11 Å². The Bertz CT molecular complexity index is 412. The molecule has 1 atom stereocenters. The molecule has 0 unspecified atom stereocenters. The van der Waals surface area contributed by atoms with Crippen LogP contribution in [0.3, 0.4) is 0 Å². The molecule has 3 nitrogen and oxygen atoms in total. The van der Waals surface area contributed by atoms with Crippen LogP contribution in [0.5, 0.6) is 0 Å². The van der Waals surface area contributed by atoms with E-state index in [1.165, 1.54) is 18.2 Å². The van der Waals surface area contributed by atoms with Crippen molar-refractivity contribution in [1.29, 1.82) is 0 Å². The second kappa shape index (κ2) is 3.66. The number of benzene rings is 1. The largest absolute Gasteiger partial charge is 0.465 e. The molecule has 0 amide bonds. The number of ether oxygens (including phenoxy) is 1. The fourth-order valence-electron chi connectivity index (χ4n) is 2.24. The summed E-state index contributed by atoms with van der Waals surface area (Å²) in [6.07, 6.45) is 1.94. The van der Waals surface area contributed by atoms with Crippen LogP contribution in [0.4, 0.5) is 0 Å². The van der Waals surface area contributed by atoms with E-state index in [-0.39, 0.29) is 12.0 Å². The number of hydrogen-bond donors (Lipinski definition) is 1. The van der Waals surface area contributed by atoms with Crippen LogP contribution in [-0.2, 0) is 11.2 Å². The number of methoxy groups -OCH3 is 1. The van der Waals surface area contributed by atoms with Gasteiger partial charge in [0.2, 0.25) is 0 Å². The van der Waals surface area contributed by atoms with E-state index in [1.54, 1.807) is 0 Å². The first-order chi connectivity index (χ1) is 7.15. The third-order valence-corrected chi connectivity index (χ3v) is 3.14. The number of hydrogen-bond acceptors (Lipinski definition) is 3. The number of rotatable bonds is 1. The zero-order chi connectivity index (χ0) is 11.0. The lowest BCUT2D eigenvalue weighted by Gasteiger charge is -2.10. The molecule has 2 rings (SSSR count). The molecule has 0 aliphatic heterocycles. The quantitative estimate of drug-likeness (QED) is 0.710. The summed E-state index contributed by atoms with van der Waals surface area (Å²) >= 11 is 0. The van der Waals surface area contributed by atoms with Gasteiger partial charge in [-0.05, 0) is 42.5 Å². The summed E-state index contributed by atoms with van der Waals surface area (Å²) in [5.74, 6) is -0.268. The molecule has 1 aromatic carbocycles. The second-order valence-corrected chi connectivity index (χ2v) is 3.94. The van der Waals surface area contributed by atoms with Crippen LogP contribution in [-0.4, -0.2) is 13.1 Å². The average Bonchev–Trinajstić information content (AvgIpc) is 2.61. The zero-order valence-corrected chi connectivity index (χ0v) is 9.04. The van der Waals surface area contributed by atoms with E-state index in [9.17, 15) is 4.79 Å². The summed E-state index contributed by atoms with van der Waals surface area (Å²) in [7, 11) is 1.40. The molecule has 0 saturated carbocycles. The van der Waals surface area contributed by atoms with E-state index in [1.807, 2.05) is 19.1 Å². The van der Waals surface area contributed by atoms with E-state index < -0.39 is 0 Å². The minimum Gasteiger partial charge on any atom is -0.465 e. The lowest BCUT2D eigenvalue weighted by Crippen LogP contribution is -2.08. The van der Waals surface area contributed by atoms with Gasteiger partial charge in [-0.1, -0.05) is 6.07 Å². The number of esters is 1. The van der Waals surface area contributed by atoms with Crippen LogP contribution >= 0.6 is 0 Å². The topological polar surface area (TPSA) is 52.3 Å². The normalized spacial score (nSPS) is 18.7. The molecule has 0 saturated heterocycles. The molecule has 2 N–H and O–H groups in total. The highest BCUT2D eigenvalue weighted by Crippen LogP contribution is 2.33. The monoisotopic (exact) mass is 205 g/mol. The van der Waals surface area contributed by atoms with E-state index >= 15 is 0 Å². The fraction of sp³-hybridized carbons (Fsp3) is 0.417. The van der Waals surface area contributed by atoms with E-state index in [0.29, 0.717) is 5.56 Å². The van der Waals surface area contributed by atoms with Crippen LogP contribution in [0, 0.1) is 6.92 Å². The number of fused-ring (bicyclic) bond motifs is 1. The van der Waals surface area contributed by atoms with Gasteiger partial charge in [-0.25, -0.2) is 4.79 Å².